The Morgan fingerprint density at radius 3 is 2.48 bits per heavy atom. The molecule has 1 amide bonds. The average molecular weight is 430 g/mol. The summed E-state index contributed by atoms with van der Waals surface area (Å²) in [5, 5.41) is 3.83. The molecule has 1 aliphatic rings. The molecule has 0 bridgehead atoms. The second-order valence-electron chi connectivity index (χ2n) is 6.64. The van der Waals surface area contributed by atoms with Crippen LogP contribution in [-0.2, 0) is 17.1 Å². The molecule has 1 aliphatic heterocycles. The number of aryl methyl sites for hydroxylation is 1. The number of carbonyl (C=O) groups excluding carboxylic acids is 1. The van der Waals surface area contributed by atoms with E-state index in [1.165, 1.54) is 21.1 Å². The first kappa shape index (κ1) is 20.2. The van der Waals surface area contributed by atoms with E-state index >= 15 is 0 Å². The maximum Gasteiger partial charge on any atom is 0.268 e. The zero-order valence-electron chi connectivity index (χ0n) is 15.1. The van der Waals surface area contributed by atoms with E-state index in [1.54, 1.807) is 32.2 Å². The van der Waals surface area contributed by atoms with Gasteiger partial charge in [0, 0.05) is 36.4 Å². The molecule has 1 aromatic carbocycles. The Morgan fingerprint density at radius 1 is 1.19 bits per heavy atom. The quantitative estimate of drug-likeness (QED) is 0.788. The Bertz CT molecular complexity index is 966. The second kappa shape index (κ2) is 7.83. The molecule has 0 saturated carbocycles. The summed E-state index contributed by atoms with van der Waals surface area (Å²) in [7, 11) is -1.92. The number of nitrogens with zero attached hydrogens (tertiary/aromatic N) is 2. The van der Waals surface area contributed by atoms with Gasteiger partial charge in [0.25, 0.3) is 5.91 Å². The highest BCUT2D eigenvalue weighted by Gasteiger charge is 2.29. The molecule has 0 spiro atoms. The molecule has 1 atom stereocenters. The molecular weight excluding hydrogens is 409 g/mol. The van der Waals surface area contributed by atoms with Gasteiger partial charge in [0.2, 0.25) is 10.0 Å². The Kier molecular flexibility index (Phi) is 5.86. The largest absolute Gasteiger partial charge is 0.345 e. The SMILES string of the molecule is CC(NC(=O)c1cc(S(=O)(=O)N2CCCC2)cn1C)c1ccc(Cl)cc1Cl. The first-order valence-corrected chi connectivity index (χ1v) is 10.8. The summed E-state index contributed by atoms with van der Waals surface area (Å²) in [5.74, 6) is -0.376. The summed E-state index contributed by atoms with van der Waals surface area (Å²) >= 11 is 12.1. The molecule has 1 saturated heterocycles. The van der Waals surface area contributed by atoms with Crippen molar-refractivity contribution in [3.63, 3.8) is 0 Å². The van der Waals surface area contributed by atoms with Crippen LogP contribution < -0.4 is 5.32 Å². The van der Waals surface area contributed by atoms with Gasteiger partial charge in [-0.2, -0.15) is 4.31 Å². The van der Waals surface area contributed by atoms with Crippen molar-refractivity contribution in [1.29, 1.82) is 0 Å². The van der Waals surface area contributed by atoms with Crippen LogP contribution in [0.1, 0.15) is 41.9 Å². The minimum atomic E-state index is -3.57. The fourth-order valence-corrected chi connectivity index (χ4v) is 5.34. The molecule has 2 aromatic rings. The fraction of sp³-hybridized carbons (Fsp3) is 0.389. The Morgan fingerprint density at radius 2 is 1.85 bits per heavy atom. The fourth-order valence-electron chi connectivity index (χ4n) is 3.18. The lowest BCUT2D eigenvalue weighted by molar-refractivity contribution is 0.0931. The summed E-state index contributed by atoms with van der Waals surface area (Å²) in [6.45, 7) is 2.84. The number of carbonyl (C=O) groups is 1. The van der Waals surface area contributed by atoms with E-state index < -0.39 is 10.0 Å². The molecule has 1 aromatic heterocycles. The van der Waals surface area contributed by atoms with Gasteiger partial charge in [0.05, 0.1) is 6.04 Å². The lowest BCUT2D eigenvalue weighted by Gasteiger charge is -2.16. The van der Waals surface area contributed by atoms with Gasteiger partial charge in [-0.1, -0.05) is 29.3 Å². The van der Waals surface area contributed by atoms with E-state index in [-0.39, 0.29) is 22.5 Å². The van der Waals surface area contributed by atoms with Crippen LogP contribution in [0.4, 0.5) is 0 Å². The van der Waals surface area contributed by atoms with Gasteiger partial charge >= 0.3 is 0 Å². The third-order valence-corrected chi connectivity index (χ3v) is 7.12. The second-order valence-corrected chi connectivity index (χ2v) is 9.43. The molecule has 1 unspecified atom stereocenters. The molecule has 3 rings (SSSR count). The number of halogens is 2. The van der Waals surface area contributed by atoms with Gasteiger partial charge in [0.15, 0.2) is 0 Å². The van der Waals surface area contributed by atoms with Crippen molar-refractivity contribution in [2.24, 2.45) is 7.05 Å². The zero-order chi connectivity index (χ0) is 19.8. The van der Waals surface area contributed by atoms with Crippen LogP contribution in [-0.4, -0.2) is 36.3 Å². The van der Waals surface area contributed by atoms with Gasteiger partial charge in [-0.05, 0) is 43.5 Å². The van der Waals surface area contributed by atoms with E-state index in [0.717, 1.165) is 18.4 Å². The number of benzene rings is 1. The molecule has 1 fully saturated rings. The molecule has 2 heterocycles. The molecule has 27 heavy (non-hydrogen) atoms. The van der Waals surface area contributed by atoms with Crippen molar-refractivity contribution < 1.29 is 13.2 Å². The van der Waals surface area contributed by atoms with Crippen molar-refractivity contribution in [3.8, 4) is 0 Å². The predicted octanol–water partition coefficient (Wildman–Crippen LogP) is 3.61. The highest BCUT2D eigenvalue weighted by molar-refractivity contribution is 7.89. The lowest BCUT2D eigenvalue weighted by Crippen LogP contribution is -2.28. The van der Waals surface area contributed by atoms with Crippen LogP contribution in [0.2, 0.25) is 10.0 Å². The van der Waals surface area contributed by atoms with Gasteiger partial charge in [-0.15, -0.1) is 0 Å². The smallest absolute Gasteiger partial charge is 0.268 e. The number of rotatable bonds is 5. The maximum atomic E-state index is 12.7. The third-order valence-electron chi connectivity index (χ3n) is 4.69. The number of hydrogen-bond donors (Lipinski definition) is 1. The van der Waals surface area contributed by atoms with Crippen LogP contribution in [0.3, 0.4) is 0 Å². The first-order chi connectivity index (χ1) is 12.7. The van der Waals surface area contributed by atoms with Gasteiger partial charge in [-0.25, -0.2) is 8.42 Å². The van der Waals surface area contributed by atoms with Gasteiger partial charge in [-0.3, -0.25) is 4.79 Å². The van der Waals surface area contributed by atoms with Gasteiger partial charge < -0.3 is 9.88 Å². The van der Waals surface area contributed by atoms with E-state index in [4.69, 9.17) is 23.2 Å². The van der Waals surface area contributed by atoms with E-state index in [0.29, 0.717) is 23.1 Å². The van der Waals surface area contributed by atoms with Crippen molar-refractivity contribution in [2.75, 3.05) is 13.1 Å². The maximum absolute atomic E-state index is 12.7. The predicted molar refractivity (Wildman–Crippen MR) is 106 cm³/mol. The molecular formula is C18H21Cl2N3O3S. The van der Waals surface area contributed by atoms with Crippen LogP contribution in [0.15, 0.2) is 35.4 Å². The molecule has 6 nitrogen and oxygen atoms in total. The topological polar surface area (TPSA) is 71.4 Å². The summed E-state index contributed by atoms with van der Waals surface area (Å²) < 4.78 is 28.4. The third kappa shape index (κ3) is 4.16. The van der Waals surface area contributed by atoms with Crippen LogP contribution >= 0.6 is 23.2 Å². The number of aromatic nitrogens is 1. The Hall–Kier alpha value is -1.54. The molecule has 0 radical (unpaired) electrons. The van der Waals surface area contributed by atoms with Crippen molar-refractivity contribution in [3.05, 3.63) is 51.8 Å². The molecule has 0 aliphatic carbocycles. The van der Waals surface area contributed by atoms with Crippen molar-refractivity contribution in [2.45, 2.75) is 30.7 Å². The standard InChI is InChI=1S/C18H21Cl2N3O3S/c1-12(15-6-5-13(19)9-16(15)20)21-18(24)17-10-14(11-22(17)2)27(25,26)23-7-3-4-8-23/h5-6,9-12H,3-4,7-8H2,1-2H3,(H,21,24). The summed E-state index contributed by atoms with van der Waals surface area (Å²) in [4.78, 5) is 12.8. The van der Waals surface area contributed by atoms with Crippen molar-refractivity contribution in [1.82, 2.24) is 14.2 Å². The van der Waals surface area contributed by atoms with Crippen LogP contribution in [0.25, 0.3) is 0 Å². The summed E-state index contributed by atoms with van der Waals surface area (Å²) in [6.07, 6.45) is 3.19. The van der Waals surface area contributed by atoms with Crippen molar-refractivity contribution >= 4 is 39.1 Å². The molecule has 146 valence electrons. The number of sulfonamides is 1. The minimum Gasteiger partial charge on any atom is -0.345 e. The van der Waals surface area contributed by atoms with Gasteiger partial charge in [0.1, 0.15) is 10.6 Å². The van der Waals surface area contributed by atoms with E-state index in [2.05, 4.69) is 5.32 Å². The van der Waals surface area contributed by atoms with Crippen LogP contribution in [0, 0.1) is 0 Å². The normalized spacial score (nSPS) is 16.4. The molecule has 1 N–H and O–H groups in total. The minimum absolute atomic E-state index is 0.134. The zero-order valence-corrected chi connectivity index (χ0v) is 17.4. The summed E-state index contributed by atoms with van der Waals surface area (Å²) in [6, 6.07) is 6.12. The lowest BCUT2D eigenvalue weighted by atomic mass is 10.1. The van der Waals surface area contributed by atoms with E-state index in [9.17, 15) is 13.2 Å². The first-order valence-electron chi connectivity index (χ1n) is 8.62. The monoisotopic (exact) mass is 429 g/mol. The molecule has 9 heteroatoms. The highest BCUT2D eigenvalue weighted by Crippen LogP contribution is 2.27. The number of hydrogen-bond acceptors (Lipinski definition) is 3. The van der Waals surface area contributed by atoms with E-state index in [1.807, 2.05) is 0 Å². The summed E-state index contributed by atoms with van der Waals surface area (Å²) in [5.41, 5.74) is 0.998. The Labute approximate surface area is 169 Å². The van der Waals surface area contributed by atoms with Crippen LogP contribution in [0.5, 0.6) is 0 Å². The highest BCUT2D eigenvalue weighted by atomic mass is 35.5. The number of nitrogens with one attached hydrogen (secondary N) is 1. The number of amides is 1. The Balaban J connectivity index is 1.80. The average Bonchev–Trinajstić information content (AvgIpc) is 3.24.